The number of urea groups is 1. The van der Waals surface area contributed by atoms with Gasteiger partial charge >= 0.3 is 6.03 Å². The van der Waals surface area contributed by atoms with E-state index >= 15 is 0 Å². The lowest BCUT2D eigenvalue weighted by Gasteiger charge is -2.16. The number of benzene rings is 2. The Hall–Kier alpha value is -4.17. The molecule has 2 amide bonds. The van der Waals surface area contributed by atoms with Gasteiger partial charge in [-0.3, -0.25) is 10.0 Å². The number of ether oxygens (including phenoxy) is 2. The van der Waals surface area contributed by atoms with Gasteiger partial charge in [-0.25, -0.2) is 22.6 Å². The van der Waals surface area contributed by atoms with Crippen LogP contribution in [0.2, 0.25) is 0 Å². The number of carbonyl (C=O) groups excluding carboxylic acids is 1. The van der Waals surface area contributed by atoms with Crippen LogP contribution in [-0.2, 0) is 10.0 Å². The number of sulfonamides is 1. The van der Waals surface area contributed by atoms with Crippen LogP contribution in [0.1, 0.15) is 11.5 Å². The van der Waals surface area contributed by atoms with Gasteiger partial charge in [-0.2, -0.15) is 0 Å². The summed E-state index contributed by atoms with van der Waals surface area (Å²) >= 11 is 1.20. The van der Waals surface area contributed by atoms with Gasteiger partial charge < -0.3 is 19.3 Å². The molecule has 4 aromatic rings. The van der Waals surface area contributed by atoms with Crippen LogP contribution >= 0.6 is 11.3 Å². The largest absolute Gasteiger partial charge is 0.493 e. The topological polar surface area (TPSA) is 145 Å². The molecule has 0 saturated carbocycles. The van der Waals surface area contributed by atoms with Gasteiger partial charge in [0.05, 0.1) is 18.5 Å². The Kier molecular flexibility index (Phi) is 7.07. The summed E-state index contributed by atoms with van der Waals surface area (Å²) in [6.45, 7) is 2.98. The number of aryl methyl sites for hydroxylation is 2. The van der Waals surface area contributed by atoms with E-state index in [4.69, 9.17) is 14.0 Å². The molecule has 14 heteroatoms. The van der Waals surface area contributed by atoms with Crippen molar-refractivity contribution < 1.29 is 31.6 Å². The molecule has 0 aliphatic carbocycles. The fourth-order valence-corrected chi connectivity index (χ4v) is 5.14. The number of methoxy groups -OCH3 is 1. The molecule has 0 saturated heterocycles. The zero-order valence-corrected chi connectivity index (χ0v) is 20.8. The third-order valence-corrected chi connectivity index (χ3v) is 7.05. The summed E-state index contributed by atoms with van der Waals surface area (Å²) in [7, 11) is -2.71. The Bertz CT molecular complexity index is 1490. The average Bonchev–Trinajstić information content (AvgIpc) is 3.45. The Morgan fingerprint density at radius 2 is 1.94 bits per heavy atom. The number of halogens is 1. The highest BCUT2D eigenvalue weighted by Crippen LogP contribution is 2.38. The molecule has 0 radical (unpaired) electrons. The van der Waals surface area contributed by atoms with E-state index in [1.54, 1.807) is 5.38 Å². The number of carbonyl (C=O) groups is 1. The van der Waals surface area contributed by atoms with Gasteiger partial charge in [0.15, 0.2) is 33.1 Å². The van der Waals surface area contributed by atoms with Crippen LogP contribution in [0.25, 0.3) is 0 Å². The third kappa shape index (κ3) is 5.39. The molecule has 2 aromatic carbocycles. The van der Waals surface area contributed by atoms with E-state index in [-0.39, 0.29) is 45.0 Å². The minimum absolute atomic E-state index is 0.0213. The van der Waals surface area contributed by atoms with Crippen LogP contribution in [0, 0.1) is 19.7 Å². The number of nitrogens with one attached hydrogen (secondary N) is 3. The molecule has 11 nitrogen and oxygen atoms in total. The predicted octanol–water partition coefficient (Wildman–Crippen LogP) is 5.13. The van der Waals surface area contributed by atoms with Gasteiger partial charge in [-0.1, -0.05) is 11.2 Å². The maximum Gasteiger partial charge on any atom is 0.325 e. The predicted molar refractivity (Wildman–Crippen MR) is 131 cm³/mol. The van der Waals surface area contributed by atoms with E-state index in [1.807, 2.05) is 0 Å². The second kappa shape index (κ2) is 10.2. The highest BCUT2D eigenvalue weighted by Gasteiger charge is 2.25. The van der Waals surface area contributed by atoms with Gasteiger partial charge in [0.25, 0.3) is 10.0 Å². The van der Waals surface area contributed by atoms with Crippen LogP contribution < -0.4 is 24.8 Å². The quantitative estimate of drug-likeness (QED) is 0.283. The molecular weight excluding hydrogens is 513 g/mol. The first-order valence-corrected chi connectivity index (χ1v) is 12.6. The van der Waals surface area contributed by atoms with Crippen molar-refractivity contribution >= 4 is 43.9 Å². The fraction of sp³-hybridized carbons (Fsp3) is 0.136. The van der Waals surface area contributed by atoms with Crippen molar-refractivity contribution in [2.45, 2.75) is 18.7 Å². The van der Waals surface area contributed by atoms with Crippen molar-refractivity contribution in [2.75, 3.05) is 22.5 Å². The monoisotopic (exact) mass is 533 g/mol. The molecule has 0 fully saturated rings. The molecular formula is C22H20FN5O6S2. The molecule has 0 spiro atoms. The molecule has 0 aliphatic heterocycles. The Labute approximate surface area is 209 Å². The normalized spacial score (nSPS) is 11.1. The molecule has 2 aromatic heterocycles. The minimum atomic E-state index is -4.07. The summed E-state index contributed by atoms with van der Waals surface area (Å²) in [5, 5.41) is 10.8. The van der Waals surface area contributed by atoms with Crippen LogP contribution in [0.15, 0.2) is 57.4 Å². The van der Waals surface area contributed by atoms with Crippen molar-refractivity contribution in [3.63, 3.8) is 0 Å². The standard InChI is InChI=1S/C22H20FN5O6S2/c1-12-20(13(2)34-27-12)36(30,31)28-14-7-8-17(33-19-15(23)5-4-6-18(19)32-3)16(11-14)25-21(29)26-22-24-9-10-35-22/h4-11,28H,1-3H3,(H2,24,25,26,29). The third-order valence-electron chi connectivity index (χ3n) is 4.73. The van der Waals surface area contributed by atoms with Crippen LogP contribution in [0.4, 0.5) is 25.7 Å². The van der Waals surface area contributed by atoms with Crippen molar-refractivity contribution in [3.05, 3.63) is 65.2 Å². The number of aromatic nitrogens is 2. The van der Waals surface area contributed by atoms with E-state index in [9.17, 15) is 17.6 Å². The van der Waals surface area contributed by atoms with Crippen molar-refractivity contribution in [1.29, 1.82) is 0 Å². The second-order valence-corrected chi connectivity index (χ2v) is 9.77. The average molecular weight is 534 g/mol. The number of hydrogen-bond acceptors (Lipinski definition) is 9. The second-order valence-electron chi connectivity index (χ2n) is 7.26. The van der Waals surface area contributed by atoms with Crippen molar-refractivity contribution in [2.24, 2.45) is 0 Å². The first-order valence-electron chi connectivity index (χ1n) is 10.3. The Balaban J connectivity index is 1.69. The Morgan fingerprint density at radius 1 is 1.14 bits per heavy atom. The highest BCUT2D eigenvalue weighted by atomic mass is 32.2. The van der Waals surface area contributed by atoms with Gasteiger partial charge in [-0.05, 0) is 44.2 Å². The molecule has 0 unspecified atom stereocenters. The smallest absolute Gasteiger partial charge is 0.325 e. The van der Waals surface area contributed by atoms with E-state index in [0.717, 1.165) is 0 Å². The number of nitrogens with zero attached hydrogens (tertiary/aromatic N) is 2. The molecule has 36 heavy (non-hydrogen) atoms. The van der Waals surface area contributed by atoms with Crippen LogP contribution in [0.3, 0.4) is 0 Å². The highest BCUT2D eigenvalue weighted by molar-refractivity contribution is 7.92. The zero-order chi connectivity index (χ0) is 25.9. The molecule has 3 N–H and O–H groups in total. The van der Waals surface area contributed by atoms with E-state index in [0.29, 0.717) is 5.13 Å². The first kappa shape index (κ1) is 24.9. The van der Waals surface area contributed by atoms with Crippen LogP contribution in [0.5, 0.6) is 17.2 Å². The summed E-state index contributed by atoms with van der Waals surface area (Å²) in [6.07, 6.45) is 1.52. The summed E-state index contributed by atoms with van der Waals surface area (Å²) in [5.74, 6) is -0.653. The number of thiazole rings is 1. The lowest BCUT2D eigenvalue weighted by molar-refractivity contribution is 0.262. The minimum Gasteiger partial charge on any atom is -0.493 e. The van der Waals surface area contributed by atoms with E-state index in [1.165, 1.54) is 74.9 Å². The zero-order valence-electron chi connectivity index (χ0n) is 19.2. The molecule has 2 heterocycles. The van der Waals surface area contributed by atoms with Crippen molar-refractivity contribution in [1.82, 2.24) is 10.1 Å². The van der Waals surface area contributed by atoms with Crippen LogP contribution in [-0.4, -0.2) is 31.7 Å². The molecule has 0 atom stereocenters. The molecule has 4 rings (SSSR count). The fourth-order valence-electron chi connectivity index (χ4n) is 3.24. The summed E-state index contributed by atoms with van der Waals surface area (Å²) in [5.41, 5.74) is 0.313. The Morgan fingerprint density at radius 3 is 2.61 bits per heavy atom. The SMILES string of the molecule is COc1cccc(F)c1Oc1ccc(NS(=O)(=O)c2c(C)noc2C)cc1NC(=O)Nc1nccs1. The lowest BCUT2D eigenvalue weighted by atomic mass is 10.2. The maximum absolute atomic E-state index is 14.5. The molecule has 0 aliphatic rings. The van der Waals surface area contributed by atoms with Gasteiger partial charge in [0, 0.05) is 11.6 Å². The van der Waals surface area contributed by atoms with E-state index in [2.05, 4.69) is 25.5 Å². The molecule has 188 valence electrons. The summed E-state index contributed by atoms with van der Waals surface area (Å²) < 4.78 is 58.6. The van der Waals surface area contributed by atoms with Crippen molar-refractivity contribution in [3.8, 4) is 17.2 Å². The number of hydrogen-bond donors (Lipinski definition) is 3. The number of anilines is 3. The number of amides is 2. The van der Waals surface area contributed by atoms with Gasteiger partial charge in [-0.15, -0.1) is 11.3 Å². The summed E-state index contributed by atoms with van der Waals surface area (Å²) in [4.78, 5) is 16.5. The van der Waals surface area contributed by atoms with E-state index < -0.39 is 21.9 Å². The molecule has 0 bridgehead atoms. The number of rotatable bonds is 8. The van der Waals surface area contributed by atoms with Gasteiger partial charge in [0.2, 0.25) is 5.75 Å². The summed E-state index contributed by atoms with van der Waals surface area (Å²) in [6, 6.07) is 7.55. The number of para-hydroxylation sites is 1. The van der Waals surface area contributed by atoms with Gasteiger partial charge in [0.1, 0.15) is 5.69 Å². The first-order chi connectivity index (χ1) is 17.2. The maximum atomic E-state index is 14.5. The lowest BCUT2D eigenvalue weighted by Crippen LogP contribution is -2.20.